The molecular formula is C29H45NO3. The van der Waals surface area contributed by atoms with Gasteiger partial charge in [0.15, 0.2) is 0 Å². The number of ether oxygens (including phenoxy) is 1. The highest BCUT2D eigenvalue weighted by Gasteiger charge is 2.59. The van der Waals surface area contributed by atoms with Crippen molar-refractivity contribution in [3.63, 3.8) is 0 Å². The predicted molar refractivity (Wildman–Crippen MR) is 131 cm³/mol. The molecule has 0 unspecified atom stereocenters. The summed E-state index contributed by atoms with van der Waals surface area (Å²) in [4.78, 5) is 27.4. The average molecular weight is 456 g/mol. The first-order valence-electron chi connectivity index (χ1n) is 13.9. The predicted octanol–water partition coefficient (Wildman–Crippen LogP) is 5.94. The van der Waals surface area contributed by atoms with E-state index in [1.807, 2.05) is 6.92 Å². The molecule has 0 amide bonds. The summed E-state index contributed by atoms with van der Waals surface area (Å²) in [7, 11) is 0. The van der Waals surface area contributed by atoms with Crippen LogP contribution in [-0.4, -0.2) is 42.4 Å². The molecule has 0 bridgehead atoms. The lowest BCUT2D eigenvalue weighted by molar-refractivity contribution is -0.152. The second-order valence-electron chi connectivity index (χ2n) is 12.6. The van der Waals surface area contributed by atoms with E-state index in [0.717, 1.165) is 63.6 Å². The number of Topliss-reactive ketones (excluding diaryl/α,β-unsaturated/α-hetero) is 1. The molecule has 0 aromatic rings. The summed E-state index contributed by atoms with van der Waals surface area (Å²) in [5.41, 5.74) is 2.04. The lowest BCUT2D eigenvalue weighted by Crippen LogP contribution is -2.51. The average Bonchev–Trinajstić information content (AvgIpc) is 3.16. The highest BCUT2D eigenvalue weighted by molar-refractivity contribution is 5.79. The second kappa shape index (κ2) is 9.13. The monoisotopic (exact) mass is 455 g/mol. The molecule has 1 aliphatic heterocycles. The van der Waals surface area contributed by atoms with Gasteiger partial charge < -0.3 is 9.64 Å². The Balaban J connectivity index is 1.21. The zero-order chi connectivity index (χ0) is 23.2. The molecule has 4 aliphatic carbocycles. The van der Waals surface area contributed by atoms with E-state index in [0.29, 0.717) is 18.1 Å². The van der Waals surface area contributed by atoms with Gasteiger partial charge in [-0.25, -0.2) is 0 Å². The van der Waals surface area contributed by atoms with Crippen LogP contribution in [0, 0.1) is 34.5 Å². The molecule has 0 radical (unpaired) electrons. The minimum atomic E-state index is -0.00174. The maximum Gasteiger partial charge on any atom is 0.307 e. The quantitative estimate of drug-likeness (QED) is 0.380. The van der Waals surface area contributed by atoms with Crippen LogP contribution in [0.3, 0.4) is 0 Å². The smallest absolute Gasteiger partial charge is 0.307 e. The van der Waals surface area contributed by atoms with Crippen LogP contribution in [0.25, 0.3) is 0 Å². The molecule has 4 nitrogen and oxygen atoms in total. The van der Waals surface area contributed by atoms with Crippen molar-refractivity contribution in [2.45, 2.75) is 104 Å². The Morgan fingerprint density at radius 1 is 1.03 bits per heavy atom. The maximum atomic E-state index is 12.6. The van der Waals surface area contributed by atoms with Crippen molar-refractivity contribution in [2.24, 2.45) is 34.5 Å². The molecule has 0 N–H and O–H groups in total. The first kappa shape index (κ1) is 23.6. The number of hydrogen-bond donors (Lipinski definition) is 0. The van der Waals surface area contributed by atoms with Crippen molar-refractivity contribution in [3.05, 3.63) is 11.6 Å². The number of rotatable bonds is 5. The van der Waals surface area contributed by atoms with Gasteiger partial charge in [-0.05, 0) is 106 Å². The second-order valence-corrected chi connectivity index (χ2v) is 12.6. The summed E-state index contributed by atoms with van der Waals surface area (Å²) >= 11 is 0. The van der Waals surface area contributed by atoms with E-state index < -0.39 is 0 Å². The summed E-state index contributed by atoms with van der Waals surface area (Å²) in [6, 6.07) is 0. The standard InChI is InChI=1S/C29H45NO3/c1-20(31)24-9-10-25-23-8-7-21-19-22(33-27(32)13-18-30-16-5-4-6-17-30)11-14-28(21,2)26(23)12-15-29(24,25)3/h7,22-26H,4-6,8-19H2,1-3H3/t22-,23+,24-,25+,26+,28+,29-/m1/s1. The van der Waals surface area contributed by atoms with Gasteiger partial charge in [-0.2, -0.15) is 0 Å². The van der Waals surface area contributed by atoms with Gasteiger partial charge in [-0.3, -0.25) is 9.59 Å². The molecule has 184 valence electrons. The lowest BCUT2D eigenvalue weighted by Gasteiger charge is -2.58. The van der Waals surface area contributed by atoms with Gasteiger partial charge in [-0.1, -0.05) is 31.9 Å². The normalized spacial score (nSPS) is 43.1. The van der Waals surface area contributed by atoms with Crippen LogP contribution in [0.1, 0.15) is 97.8 Å². The SMILES string of the molecule is CC(=O)[C@H]1CC[C@H]2[C@@H]3CC=C4C[C@H](OC(=O)CCN5CCCCC5)CC[C@]4(C)[C@H]3CC[C@]12C. The van der Waals surface area contributed by atoms with Gasteiger partial charge in [0.25, 0.3) is 0 Å². The number of allylic oxidation sites excluding steroid dienone is 1. The van der Waals surface area contributed by atoms with E-state index >= 15 is 0 Å². The van der Waals surface area contributed by atoms with Crippen molar-refractivity contribution in [1.82, 2.24) is 4.90 Å². The van der Waals surface area contributed by atoms with E-state index in [4.69, 9.17) is 4.74 Å². The van der Waals surface area contributed by atoms with Gasteiger partial charge in [0.05, 0.1) is 6.42 Å². The Kier molecular flexibility index (Phi) is 6.52. The van der Waals surface area contributed by atoms with Crippen LogP contribution in [0.5, 0.6) is 0 Å². The summed E-state index contributed by atoms with van der Waals surface area (Å²) in [5.74, 6) is 2.85. The molecule has 0 aromatic heterocycles. The van der Waals surface area contributed by atoms with Crippen molar-refractivity contribution in [2.75, 3.05) is 19.6 Å². The van der Waals surface area contributed by atoms with Crippen molar-refractivity contribution in [1.29, 1.82) is 0 Å². The van der Waals surface area contributed by atoms with E-state index in [1.54, 1.807) is 5.57 Å². The van der Waals surface area contributed by atoms with Gasteiger partial charge in [0.1, 0.15) is 11.9 Å². The number of fused-ring (bicyclic) bond motifs is 5. The minimum absolute atomic E-state index is 0.00174. The molecule has 5 rings (SSSR count). The topological polar surface area (TPSA) is 46.6 Å². The van der Waals surface area contributed by atoms with Crippen LogP contribution in [0.4, 0.5) is 0 Å². The van der Waals surface area contributed by atoms with Gasteiger partial charge in [-0.15, -0.1) is 0 Å². The summed E-state index contributed by atoms with van der Waals surface area (Å²) in [6.45, 7) is 9.88. The first-order chi connectivity index (χ1) is 15.8. The van der Waals surface area contributed by atoms with Gasteiger partial charge in [0, 0.05) is 18.9 Å². The Labute approximate surface area is 200 Å². The van der Waals surface area contributed by atoms with Crippen LogP contribution in [0.15, 0.2) is 11.6 Å². The lowest BCUT2D eigenvalue weighted by atomic mass is 9.47. The molecule has 5 aliphatic rings. The van der Waals surface area contributed by atoms with Crippen molar-refractivity contribution < 1.29 is 14.3 Å². The number of likely N-dealkylation sites (tertiary alicyclic amines) is 1. The van der Waals surface area contributed by atoms with E-state index in [2.05, 4.69) is 24.8 Å². The molecule has 1 saturated heterocycles. The molecule has 4 fully saturated rings. The largest absolute Gasteiger partial charge is 0.462 e. The minimum Gasteiger partial charge on any atom is -0.462 e. The van der Waals surface area contributed by atoms with E-state index in [-0.39, 0.29) is 28.8 Å². The number of hydrogen-bond acceptors (Lipinski definition) is 4. The number of carbonyl (C=O) groups is 2. The van der Waals surface area contributed by atoms with Crippen molar-refractivity contribution in [3.8, 4) is 0 Å². The number of ketones is 1. The van der Waals surface area contributed by atoms with Crippen molar-refractivity contribution >= 4 is 11.8 Å². The third-order valence-corrected chi connectivity index (χ3v) is 10.9. The fraction of sp³-hybridized carbons (Fsp3) is 0.862. The highest BCUT2D eigenvalue weighted by Crippen LogP contribution is 2.66. The fourth-order valence-electron chi connectivity index (χ4n) is 9.07. The Morgan fingerprint density at radius 3 is 2.58 bits per heavy atom. The van der Waals surface area contributed by atoms with Crippen LogP contribution in [-0.2, 0) is 14.3 Å². The molecule has 1 heterocycles. The maximum absolute atomic E-state index is 12.6. The first-order valence-corrected chi connectivity index (χ1v) is 13.9. The Morgan fingerprint density at radius 2 is 1.82 bits per heavy atom. The number of piperidine rings is 1. The fourth-order valence-corrected chi connectivity index (χ4v) is 9.07. The van der Waals surface area contributed by atoms with E-state index in [1.165, 1.54) is 38.5 Å². The molecule has 7 atom stereocenters. The van der Waals surface area contributed by atoms with Gasteiger partial charge >= 0.3 is 5.97 Å². The third kappa shape index (κ3) is 4.23. The molecule has 0 aromatic carbocycles. The Hall–Kier alpha value is -1.16. The third-order valence-electron chi connectivity index (χ3n) is 10.9. The van der Waals surface area contributed by atoms with E-state index in [9.17, 15) is 9.59 Å². The van der Waals surface area contributed by atoms with Crippen LogP contribution in [0.2, 0.25) is 0 Å². The Bertz CT molecular complexity index is 799. The van der Waals surface area contributed by atoms with Gasteiger partial charge in [0.2, 0.25) is 0 Å². The van der Waals surface area contributed by atoms with Crippen LogP contribution >= 0.6 is 0 Å². The van der Waals surface area contributed by atoms with Crippen LogP contribution < -0.4 is 0 Å². The zero-order valence-corrected chi connectivity index (χ0v) is 21.2. The summed E-state index contributed by atoms with van der Waals surface area (Å²) in [5, 5.41) is 0. The number of carbonyl (C=O) groups excluding carboxylic acids is 2. The summed E-state index contributed by atoms with van der Waals surface area (Å²) < 4.78 is 5.99. The molecular weight excluding hydrogens is 410 g/mol. The summed E-state index contributed by atoms with van der Waals surface area (Å²) in [6.07, 6.45) is 16.0. The number of nitrogens with zero attached hydrogens (tertiary/aromatic N) is 1. The molecule has 4 heteroatoms. The molecule has 0 spiro atoms. The molecule has 3 saturated carbocycles. The highest BCUT2D eigenvalue weighted by atomic mass is 16.5. The number of esters is 1. The molecule has 33 heavy (non-hydrogen) atoms. The zero-order valence-electron chi connectivity index (χ0n) is 21.2.